The Hall–Kier alpha value is -2.16. The largest absolute Gasteiger partial charge is 0.494 e. The monoisotopic (exact) mass is 448 g/mol. The van der Waals surface area contributed by atoms with Gasteiger partial charge < -0.3 is 29.9 Å². The molecule has 172 valence electrons. The van der Waals surface area contributed by atoms with Gasteiger partial charge in [0.15, 0.2) is 5.11 Å². The van der Waals surface area contributed by atoms with Crippen molar-refractivity contribution in [3.05, 3.63) is 40.2 Å². The smallest absolute Gasteiger partial charge is 0.253 e. The van der Waals surface area contributed by atoms with Gasteiger partial charge in [-0.25, -0.2) is 0 Å². The fraction of sp³-hybridized carbons (Fsp3) is 0.565. The predicted octanol–water partition coefficient (Wildman–Crippen LogP) is 2.72. The first-order valence-electron chi connectivity index (χ1n) is 11.2. The number of rotatable bonds is 13. The molecule has 8 heteroatoms. The van der Waals surface area contributed by atoms with E-state index in [0.717, 1.165) is 49.3 Å². The summed E-state index contributed by atoms with van der Waals surface area (Å²) in [6.07, 6.45) is 1.58. The van der Waals surface area contributed by atoms with E-state index in [9.17, 15) is 9.90 Å². The van der Waals surface area contributed by atoms with Crippen LogP contribution in [0.2, 0.25) is 0 Å². The number of H-pyrrole nitrogens is 1. The number of aliphatic hydroxyl groups excluding tert-OH is 1. The highest BCUT2D eigenvalue weighted by Gasteiger charge is 2.13. The normalized spacial score (nSPS) is 11.1. The molecule has 0 unspecified atom stereocenters. The number of hydrogen-bond donors (Lipinski definition) is 3. The molecule has 0 radical (unpaired) electrons. The Morgan fingerprint density at radius 1 is 1.16 bits per heavy atom. The maximum Gasteiger partial charge on any atom is 0.253 e. The van der Waals surface area contributed by atoms with Gasteiger partial charge in [0.2, 0.25) is 0 Å². The SMILES string of the molecule is CCOc1ccc2[nH]c(=O)c(CN(CCCO)C(=S)NCCCN(CC)CC)cc2c1. The van der Waals surface area contributed by atoms with Gasteiger partial charge in [-0.3, -0.25) is 4.79 Å². The van der Waals surface area contributed by atoms with Crippen LogP contribution in [0.1, 0.15) is 39.2 Å². The molecule has 2 aromatic rings. The summed E-state index contributed by atoms with van der Waals surface area (Å²) in [6, 6.07) is 7.54. The van der Waals surface area contributed by atoms with Crippen molar-refractivity contribution in [3.63, 3.8) is 0 Å². The highest BCUT2D eigenvalue weighted by molar-refractivity contribution is 7.80. The van der Waals surface area contributed by atoms with Crippen LogP contribution in [0.4, 0.5) is 0 Å². The summed E-state index contributed by atoms with van der Waals surface area (Å²) in [5.74, 6) is 0.774. The van der Waals surface area contributed by atoms with Gasteiger partial charge in [-0.15, -0.1) is 0 Å². The third-order valence-corrected chi connectivity index (χ3v) is 5.66. The Morgan fingerprint density at radius 3 is 2.61 bits per heavy atom. The van der Waals surface area contributed by atoms with Gasteiger partial charge in [0.1, 0.15) is 5.75 Å². The van der Waals surface area contributed by atoms with Crippen molar-refractivity contribution < 1.29 is 9.84 Å². The minimum atomic E-state index is -0.130. The number of aromatic amines is 1. The molecule has 0 aliphatic carbocycles. The van der Waals surface area contributed by atoms with E-state index in [4.69, 9.17) is 17.0 Å². The third kappa shape index (κ3) is 7.79. The molecule has 0 fully saturated rings. The van der Waals surface area contributed by atoms with E-state index in [1.807, 2.05) is 36.1 Å². The van der Waals surface area contributed by atoms with E-state index in [1.54, 1.807) is 0 Å². The van der Waals surface area contributed by atoms with Crippen LogP contribution in [0.5, 0.6) is 5.75 Å². The zero-order chi connectivity index (χ0) is 22.6. The van der Waals surface area contributed by atoms with Gasteiger partial charge >= 0.3 is 0 Å². The van der Waals surface area contributed by atoms with Crippen LogP contribution in [-0.4, -0.2) is 70.9 Å². The number of benzene rings is 1. The standard InChI is InChI=1S/C23H36N4O3S/c1-4-26(5-2)12-7-11-24-23(31)27(13-8-14-28)17-19-15-18-16-20(30-6-3)9-10-21(18)25-22(19)29/h9-10,15-16,28H,4-8,11-14,17H2,1-3H3,(H,24,31)(H,25,29). The average molecular weight is 449 g/mol. The zero-order valence-corrected chi connectivity index (χ0v) is 19.8. The van der Waals surface area contributed by atoms with E-state index < -0.39 is 0 Å². The molecule has 1 heterocycles. The first-order chi connectivity index (χ1) is 15.0. The fourth-order valence-electron chi connectivity index (χ4n) is 3.47. The summed E-state index contributed by atoms with van der Waals surface area (Å²) >= 11 is 5.61. The molecule has 0 saturated heterocycles. The summed E-state index contributed by atoms with van der Waals surface area (Å²) in [4.78, 5) is 19.9. The third-order valence-electron chi connectivity index (χ3n) is 5.26. The second-order valence-electron chi connectivity index (χ2n) is 7.42. The first-order valence-corrected chi connectivity index (χ1v) is 11.6. The van der Waals surface area contributed by atoms with Crippen LogP contribution >= 0.6 is 12.2 Å². The minimum absolute atomic E-state index is 0.0763. The highest BCUT2D eigenvalue weighted by atomic mass is 32.1. The number of nitrogens with zero attached hydrogens (tertiary/aromatic N) is 2. The van der Waals surface area contributed by atoms with Crippen LogP contribution in [0.15, 0.2) is 29.1 Å². The molecule has 0 atom stereocenters. The van der Waals surface area contributed by atoms with Crippen LogP contribution in [-0.2, 0) is 6.54 Å². The number of pyridine rings is 1. The van der Waals surface area contributed by atoms with Crippen molar-refractivity contribution in [2.24, 2.45) is 0 Å². The summed E-state index contributed by atoms with van der Waals surface area (Å²) in [6.45, 7) is 11.8. The Kier molecular flexibility index (Phi) is 10.8. The molecular formula is C23H36N4O3S. The molecule has 0 saturated carbocycles. The number of fused-ring (bicyclic) bond motifs is 1. The average Bonchev–Trinajstić information content (AvgIpc) is 2.77. The first kappa shape index (κ1) is 25.1. The Morgan fingerprint density at radius 2 is 1.94 bits per heavy atom. The second kappa shape index (κ2) is 13.3. The number of thiocarbonyl (C=S) groups is 1. The van der Waals surface area contributed by atoms with Gasteiger partial charge in [0.05, 0.1) is 13.2 Å². The van der Waals surface area contributed by atoms with Crippen molar-refractivity contribution in [1.29, 1.82) is 0 Å². The lowest BCUT2D eigenvalue weighted by atomic mass is 10.1. The molecular weight excluding hydrogens is 412 g/mol. The number of aromatic nitrogens is 1. The fourth-order valence-corrected chi connectivity index (χ4v) is 3.73. The number of nitrogens with one attached hydrogen (secondary N) is 2. The molecule has 1 aromatic carbocycles. The maximum atomic E-state index is 12.6. The Balaban J connectivity index is 2.09. The molecule has 0 aliphatic heterocycles. The van der Waals surface area contributed by atoms with Crippen LogP contribution < -0.4 is 15.6 Å². The van der Waals surface area contributed by atoms with Gasteiger partial charge in [0, 0.05) is 36.2 Å². The van der Waals surface area contributed by atoms with E-state index >= 15 is 0 Å². The highest BCUT2D eigenvalue weighted by Crippen LogP contribution is 2.19. The van der Waals surface area contributed by atoms with Gasteiger partial charge in [-0.05, 0) is 75.9 Å². The Bertz CT molecular complexity index is 883. The summed E-state index contributed by atoms with van der Waals surface area (Å²) < 4.78 is 5.58. The molecule has 0 amide bonds. The molecule has 1 aromatic heterocycles. The summed E-state index contributed by atoms with van der Waals surface area (Å²) in [5, 5.41) is 14.1. The van der Waals surface area contributed by atoms with Crippen LogP contribution in [0.25, 0.3) is 10.9 Å². The Labute approximate surface area is 190 Å². The maximum absolute atomic E-state index is 12.6. The van der Waals surface area contributed by atoms with E-state index in [2.05, 4.69) is 29.0 Å². The molecule has 31 heavy (non-hydrogen) atoms. The summed E-state index contributed by atoms with van der Waals surface area (Å²) in [7, 11) is 0. The summed E-state index contributed by atoms with van der Waals surface area (Å²) in [5.41, 5.74) is 1.28. The molecule has 0 bridgehead atoms. The topological polar surface area (TPSA) is 80.8 Å². The number of ether oxygens (including phenoxy) is 1. The van der Waals surface area contributed by atoms with Gasteiger partial charge in [-0.1, -0.05) is 13.8 Å². The lowest BCUT2D eigenvalue weighted by molar-refractivity contribution is 0.263. The van der Waals surface area contributed by atoms with Crippen molar-refractivity contribution >= 4 is 28.2 Å². The van der Waals surface area contributed by atoms with Crippen molar-refractivity contribution in [2.75, 3.05) is 45.9 Å². The van der Waals surface area contributed by atoms with E-state index in [0.29, 0.717) is 36.8 Å². The van der Waals surface area contributed by atoms with E-state index in [-0.39, 0.29) is 12.2 Å². The van der Waals surface area contributed by atoms with Crippen LogP contribution in [0.3, 0.4) is 0 Å². The zero-order valence-electron chi connectivity index (χ0n) is 18.9. The lowest BCUT2D eigenvalue weighted by Crippen LogP contribution is -2.42. The van der Waals surface area contributed by atoms with Crippen molar-refractivity contribution in [2.45, 2.75) is 40.2 Å². The number of hydrogen-bond acceptors (Lipinski definition) is 5. The van der Waals surface area contributed by atoms with Gasteiger partial charge in [0.25, 0.3) is 5.56 Å². The predicted molar refractivity (Wildman–Crippen MR) is 131 cm³/mol. The van der Waals surface area contributed by atoms with Crippen LogP contribution in [0, 0.1) is 0 Å². The molecule has 3 N–H and O–H groups in total. The molecule has 2 rings (SSSR count). The molecule has 0 spiro atoms. The van der Waals surface area contributed by atoms with Crippen molar-refractivity contribution in [3.8, 4) is 5.75 Å². The molecule has 7 nitrogen and oxygen atoms in total. The van der Waals surface area contributed by atoms with Crippen molar-refractivity contribution in [1.82, 2.24) is 20.1 Å². The quantitative estimate of drug-likeness (QED) is 0.321. The van der Waals surface area contributed by atoms with Gasteiger partial charge in [-0.2, -0.15) is 0 Å². The lowest BCUT2D eigenvalue weighted by Gasteiger charge is -2.26. The number of aliphatic hydroxyl groups is 1. The second-order valence-corrected chi connectivity index (χ2v) is 7.80. The van der Waals surface area contributed by atoms with E-state index in [1.165, 1.54) is 0 Å². The minimum Gasteiger partial charge on any atom is -0.494 e. The molecule has 0 aliphatic rings.